The van der Waals surface area contributed by atoms with E-state index >= 15 is 0 Å². The Kier molecular flexibility index (Phi) is 2.44. The SMILES string of the molecule is O=C(O)C1CCc2nnc(C3CC4CCC3C4)n2C1. The number of nitrogens with zero attached hydrogens (tertiary/aromatic N) is 3. The van der Waals surface area contributed by atoms with Gasteiger partial charge in [0, 0.05) is 18.9 Å². The molecule has 0 radical (unpaired) electrons. The van der Waals surface area contributed by atoms with Gasteiger partial charge in [0.05, 0.1) is 5.92 Å². The molecule has 2 bridgehead atoms. The van der Waals surface area contributed by atoms with E-state index in [1.165, 1.54) is 25.7 Å². The molecule has 0 amide bonds. The number of hydrogen-bond donors (Lipinski definition) is 1. The number of carbonyl (C=O) groups is 1. The topological polar surface area (TPSA) is 68.0 Å². The third-order valence-corrected chi connectivity index (χ3v) is 5.39. The molecular formula is C14H19N3O2. The third-order valence-electron chi connectivity index (χ3n) is 5.39. The second kappa shape index (κ2) is 4.05. The highest BCUT2D eigenvalue weighted by Crippen LogP contribution is 2.52. The van der Waals surface area contributed by atoms with Crippen LogP contribution in [0, 0.1) is 17.8 Å². The second-order valence-corrected chi connectivity index (χ2v) is 6.44. The lowest BCUT2D eigenvalue weighted by atomic mass is 9.87. The molecule has 0 saturated heterocycles. The van der Waals surface area contributed by atoms with Crippen LogP contribution in [0.4, 0.5) is 0 Å². The lowest BCUT2D eigenvalue weighted by molar-refractivity contribution is -0.142. The molecule has 5 heteroatoms. The summed E-state index contributed by atoms with van der Waals surface area (Å²) in [5, 5.41) is 17.9. The van der Waals surface area contributed by atoms with E-state index in [2.05, 4.69) is 14.8 Å². The molecule has 0 aromatic carbocycles. The van der Waals surface area contributed by atoms with Crippen LogP contribution >= 0.6 is 0 Å². The van der Waals surface area contributed by atoms with Crippen molar-refractivity contribution in [3.63, 3.8) is 0 Å². The van der Waals surface area contributed by atoms with Crippen LogP contribution in [0.2, 0.25) is 0 Å². The van der Waals surface area contributed by atoms with Crippen LogP contribution in [0.25, 0.3) is 0 Å². The summed E-state index contributed by atoms with van der Waals surface area (Å²) in [5.74, 6) is 3.31. The zero-order valence-corrected chi connectivity index (χ0v) is 11.0. The zero-order valence-electron chi connectivity index (χ0n) is 11.0. The summed E-state index contributed by atoms with van der Waals surface area (Å²) in [4.78, 5) is 11.2. The van der Waals surface area contributed by atoms with E-state index in [0.29, 0.717) is 18.9 Å². The fourth-order valence-electron chi connectivity index (χ4n) is 4.38. The normalized spacial score (nSPS) is 36.4. The van der Waals surface area contributed by atoms with Crippen molar-refractivity contribution in [1.82, 2.24) is 14.8 Å². The van der Waals surface area contributed by atoms with Crippen molar-refractivity contribution in [2.75, 3.05) is 0 Å². The minimum Gasteiger partial charge on any atom is -0.481 e. The molecule has 19 heavy (non-hydrogen) atoms. The van der Waals surface area contributed by atoms with Crippen LogP contribution in [0.5, 0.6) is 0 Å². The molecule has 2 aliphatic carbocycles. The zero-order chi connectivity index (χ0) is 13.0. The van der Waals surface area contributed by atoms with Crippen molar-refractivity contribution in [3.8, 4) is 0 Å². The molecule has 4 rings (SSSR count). The Morgan fingerprint density at radius 3 is 2.79 bits per heavy atom. The Morgan fingerprint density at radius 1 is 1.21 bits per heavy atom. The molecule has 2 fully saturated rings. The number of hydrogen-bond acceptors (Lipinski definition) is 3. The largest absolute Gasteiger partial charge is 0.481 e. The van der Waals surface area contributed by atoms with Gasteiger partial charge in [-0.15, -0.1) is 10.2 Å². The van der Waals surface area contributed by atoms with Crippen LogP contribution in [0.15, 0.2) is 0 Å². The van der Waals surface area contributed by atoms with E-state index in [1.807, 2.05) is 0 Å². The quantitative estimate of drug-likeness (QED) is 0.882. The van der Waals surface area contributed by atoms with Gasteiger partial charge in [0.15, 0.2) is 0 Å². The molecule has 2 saturated carbocycles. The minimum atomic E-state index is -0.682. The number of aliphatic carboxylic acids is 1. The third kappa shape index (κ3) is 1.70. The minimum absolute atomic E-state index is 0.263. The number of aryl methyl sites for hydroxylation is 1. The van der Waals surface area contributed by atoms with Gasteiger partial charge in [0.2, 0.25) is 0 Å². The molecule has 1 aliphatic heterocycles. The highest BCUT2D eigenvalue weighted by Gasteiger charge is 2.43. The molecule has 1 N–H and O–H groups in total. The summed E-state index contributed by atoms with van der Waals surface area (Å²) < 4.78 is 2.12. The number of carboxylic acids is 1. The maximum absolute atomic E-state index is 11.2. The summed E-state index contributed by atoms with van der Waals surface area (Å²) in [6.45, 7) is 0.570. The highest BCUT2D eigenvalue weighted by molar-refractivity contribution is 5.70. The van der Waals surface area contributed by atoms with E-state index in [1.54, 1.807) is 0 Å². The average Bonchev–Trinajstić information content (AvgIpc) is 3.11. The van der Waals surface area contributed by atoms with E-state index in [-0.39, 0.29) is 5.92 Å². The smallest absolute Gasteiger partial charge is 0.308 e. The molecule has 0 spiro atoms. The Hall–Kier alpha value is -1.39. The summed E-state index contributed by atoms with van der Waals surface area (Å²) in [7, 11) is 0. The molecule has 5 nitrogen and oxygen atoms in total. The van der Waals surface area contributed by atoms with Crippen molar-refractivity contribution in [3.05, 3.63) is 11.6 Å². The Bertz CT molecular complexity index is 525. The van der Waals surface area contributed by atoms with Crippen molar-refractivity contribution in [2.24, 2.45) is 17.8 Å². The molecule has 4 atom stereocenters. The van der Waals surface area contributed by atoms with E-state index in [9.17, 15) is 9.90 Å². The van der Waals surface area contributed by atoms with Gasteiger partial charge in [-0.2, -0.15) is 0 Å². The fraction of sp³-hybridized carbons (Fsp3) is 0.786. The van der Waals surface area contributed by atoms with Gasteiger partial charge in [-0.1, -0.05) is 6.42 Å². The number of aromatic nitrogens is 3. The van der Waals surface area contributed by atoms with Crippen LogP contribution in [0.1, 0.15) is 49.7 Å². The first kappa shape index (κ1) is 11.4. The van der Waals surface area contributed by atoms with Gasteiger partial charge < -0.3 is 9.67 Å². The maximum atomic E-state index is 11.2. The summed E-state index contributed by atoms with van der Waals surface area (Å²) >= 11 is 0. The van der Waals surface area contributed by atoms with E-state index in [4.69, 9.17) is 0 Å². The van der Waals surface area contributed by atoms with Gasteiger partial charge >= 0.3 is 5.97 Å². The first-order chi connectivity index (χ1) is 9.22. The number of rotatable bonds is 2. The molecule has 3 aliphatic rings. The van der Waals surface area contributed by atoms with Gasteiger partial charge in [0.25, 0.3) is 0 Å². The molecule has 2 heterocycles. The average molecular weight is 261 g/mol. The van der Waals surface area contributed by atoms with Gasteiger partial charge in [-0.3, -0.25) is 4.79 Å². The second-order valence-electron chi connectivity index (χ2n) is 6.44. The van der Waals surface area contributed by atoms with Crippen LogP contribution in [-0.2, 0) is 17.8 Å². The van der Waals surface area contributed by atoms with Gasteiger partial charge in [-0.05, 0) is 37.5 Å². The summed E-state index contributed by atoms with van der Waals surface area (Å²) in [6, 6.07) is 0. The van der Waals surface area contributed by atoms with Crippen molar-refractivity contribution >= 4 is 5.97 Å². The molecule has 1 aromatic rings. The van der Waals surface area contributed by atoms with Gasteiger partial charge in [-0.25, -0.2) is 0 Å². The molecular weight excluding hydrogens is 242 g/mol. The van der Waals surface area contributed by atoms with Gasteiger partial charge in [0.1, 0.15) is 11.6 Å². The molecule has 1 aromatic heterocycles. The fourth-order valence-corrected chi connectivity index (χ4v) is 4.38. The lowest BCUT2D eigenvalue weighted by Crippen LogP contribution is -2.28. The summed E-state index contributed by atoms with van der Waals surface area (Å²) in [6.07, 6.45) is 6.73. The Labute approximate surface area is 112 Å². The predicted molar refractivity (Wildman–Crippen MR) is 67.7 cm³/mol. The van der Waals surface area contributed by atoms with Crippen molar-refractivity contribution in [2.45, 2.75) is 51.0 Å². The van der Waals surface area contributed by atoms with Crippen molar-refractivity contribution in [1.29, 1.82) is 0 Å². The number of fused-ring (bicyclic) bond motifs is 3. The number of carboxylic acid groups (broad SMARTS) is 1. The van der Waals surface area contributed by atoms with E-state index in [0.717, 1.165) is 29.9 Å². The molecule has 102 valence electrons. The summed E-state index contributed by atoms with van der Waals surface area (Å²) in [5.41, 5.74) is 0. The van der Waals surface area contributed by atoms with E-state index < -0.39 is 5.97 Å². The maximum Gasteiger partial charge on any atom is 0.308 e. The standard InChI is InChI=1S/C14H19N3O2/c18-14(19)10-3-4-12-15-16-13(17(12)7-10)11-6-8-1-2-9(11)5-8/h8-11H,1-7H2,(H,18,19). The lowest BCUT2D eigenvalue weighted by Gasteiger charge is -2.25. The van der Waals surface area contributed by atoms with Crippen LogP contribution in [0.3, 0.4) is 0 Å². The van der Waals surface area contributed by atoms with Crippen molar-refractivity contribution < 1.29 is 9.90 Å². The van der Waals surface area contributed by atoms with Crippen LogP contribution in [-0.4, -0.2) is 25.8 Å². The predicted octanol–water partition coefficient (Wildman–Crippen LogP) is 1.83. The Morgan fingerprint density at radius 2 is 2.11 bits per heavy atom. The first-order valence-electron chi connectivity index (χ1n) is 7.37. The first-order valence-corrected chi connectivity index (χ1v) is 7.37. The highest BCUT2D eigenvalue weighted by atomic mass is 16.4. The monoisotopic (exact) mass is 261 g/mol. The Balaban J connectivity index is 1.64. The molecule has 4 unspecified atom stereocenters. The van der Waals surface area contributed by atoms with Crippen LogP contribution < -0.4 is 0 Å².